The van der Waals surface area contributed by atoms with Gasteiger partial charge in [-0.1, -0.05) is 35.9 Å². The molecule has 0 radical (unpaired) electrons. The molecule has 0 unspecified atom stereocenters. The lowest BCUT2D eigenvalue weighted by Gasteiger charge is -2.04. The van der Waals surface area contributed by atoms with Crippen LogP contribution >= 0.6 is 0 Å². The summed E-state index contributed by atoms with van der Waals surface area (Å²) < 4.78 is 0. The van der Waals surface area contributed by atoms with Crippen molar-refractivity contribution in [2.75, 3.05) is 0 Å². The van der Waals surface area contributed by atoms with Crippen molar-refractivity contribution in [3.63, 3.8) is 0 Å². The van der Waals surface area contributed by atoms with E-state index in [1.54, 1.807) is 6.07 Å². The minimum atomic E-state index is -0.323. The van der Waals surface area contributed by atoms with E-state index < -0.39 is 0 Å². The van der Waals surface area contributed by atoms with Gasteiger partial charge in [-0.3, -0.25) is 0 Å². The zero-order valence-electron chi connectivity index (χ0n) is 9.97. The second kappa shape index (κ2) is 4.11. The third-order valence-corrected chi connectivity index (χ3v) is 2.98. The Hall–Kier alpha value is -2.42. The maximum absolute atomic E-state index is 11.2. The molecule has 3 rings (SSSR count). The van der Waals surface area contributed by atoms with Crippen LogP contribution in [0, 0.1) is 6.92 Å². The van der Waals surface area contributed by atoms with Crippen molar-refractivity contribution < 1.29 is 0 Å². The number of nitrogens with zero attached hydrogens (tertiary/aromatic N) is 1. The molecule has 0 saturated heterocycles. The number of aromatic amines is 1. The van der Waals surface area contributed by atoms with Crippen LogP contribution in [0.15, 0.2) is 53.5 Å². The third kappa shape index (κ3) is 1.91. The number of aromatic nitrogens is 2. The van der Waals surface area contributed by atoms with Gasteiger partial charge < -0.3 is 4.98 Å². The fourth-order valence-corrected chi connectivity index (χ4v) is 2.07. The van der Waals surface area contributed by atoms with Crippen LogP contribution in [0.4, 0.5) is 0 Å². The van der Waals surface area contributed by atoms with Gasteiger partial charge in [-0.25, -0.2) is 9.78 Å². The molecule has 1 aromatic heterocycles. The second-order valence-electron chi connectivity index (χ2n) is 4.35. The summed E-state index contributed by atoms with van der Waals surface area (Å²) in [6.45, 7) is 2.08. The highest BCUT2D eigenvalue weighted by atomic mass is 16.1. The molecule has 3 heteroatoms. The van der Waals surface area contributed by atoms with E-state index in [0.29, 0.717) is 0 Å². The van der Waals surface area contributed by atoms with Crippen molar-refractivity contribution >= 4 is 10.8 Å². The van der Waals surface area contributed by atoms with Crippen LogP contribution in [-0.4, -0.2) is 9.97 Å². The largest absolute Gasteiger partial charge is 0.345 e. The highest BCUT2D eigenvalue weighted by Gasteiger charge is 2.01. The summed E-state index contributed by atoms with van der Waals surface area (Å²) in [6.07, 6.45) is 1.52. The van der Waals surface area contributed by atoms with Crippen LogP contribution < -0.4 is 5.69 Å². The normalized spacial score (nSPS) is 10.7. The van der Waals surface area contributed by atoms with Gasteiger partial charge in [-0.2, -0.15) is 0 Å². The smallest absolute Gasteiger partial charge is 0.305 e. The molecule has 0 aliphatic rings. The summed E-state index contributed by atoms with van der Waals surface area (Å²) >= 11 is 0. The van der Waals surface area contributed by atoms with E-state index in [9.17, 15) is 4.79 Å². The van der Waals surface area contributed by atoms with Crippen molar-refractivity contribution in [1.82, 2.24) is 9.97 Å². The number of rotatable bonds is 1. The van der Waals surface area contributed by atoms with Crippen molar-refractivity contribution in [2.24, 2.45) is 0 Å². The molecule has 2 aromatic carbocycles. The minimum absolute atomic E-state index is 0.323. The highest BCUT2D eigenvalue weighted by molar-refractivity contribution is 5.87. The molecule has 1 N–H and O–H groups in total. The summed E-state index contributed by atoms with van der Waals surface area (Å²) in [4.78, 5) is 17.6. The highest BCUT2D eigenvalue weighted by Crippen LogP contribution is 2.22. The Bertz CT molecular complexity index is 775. The molecular formula is C15H12N2O. The molecule has 3 nitrogen and oxygen atoms in total. The molecule has 3 aromatic rings. The summed E-state index contributed by atoms with van der Waals surface area (Å²) in [5, 5.41) is 2.37. The zero-order chi connectivity index (χ0) is 12.5. The molecule has 18 heavy (non-hydrogen) atoms. The maximum Gasteiger partial charge on any atom is 0.345 e. The predicted molar refractivity (Wildman–Crippen MR) is 72.5 cm³/mol. The van der Waals surface area contributed by atoms with Gasteiger partial charge in [0.25, 0.3) is 0 Å². The Morgan fingerprint density at radius 3 is 2.61 bits per heavy atom. The summed E-state index contributed by atoms with van der Waals surface area (Å²) in [6, 6.07) is 14.3. The van der Waals surface area contributed by atoms with E-state index >= 15 is 0 Å². The van der Waals surface area contributed by atoms with Crippen LogP contribution in [0.1, 0.15) is 5.56 Å². The van der Waals surface area contributed by atoms with Gasteiger partial charge in [0.05, 0.1) is 5.69 Å². The fourth-order valence-electron chi connectivity index (χ4n) is 2.07. The molecule has 0 aliphatic heterocycles. The van der Waals surface area contributed by atoms with Crippen LogP contribution in [0.2, 0.25) is 0 Å². The molecule has 1 heterocycles. The number of benzene rings is 2. The van der Waals surface area contributed by atoms with Gasteiger partial charge >= 0.3 is 5.69 Å². The Labute approximate surface area is 104 Å². The topological polar surface area (TPSA) is 45.8 Å². The first-order valence-electron chi connectivity index (χ1n) is 5.78. The second-order valence-corrected chi connectivity index (χ2v) is 4.35. The van der Waals surface area contributed by atoms with E-state index in [1.807, 2.05) is 6.07 Å². The van der Waals surface area contributed by atoms with Crippen LogP contribution in [-0.2, 0) is 0 Å². The van der Waals surface area contributed by atoms with Gasteiger partial charge in [-0.05, 0) is 35.4 Å². The van der Waals surface area contributed by atoms with E-state index in [2.05, 4.69) is 47.2 Å². The lowest BCUT2D eigenvalue weighted by Crippen LogP contribution is -2.09. The number of H-pyrrole nitrogens is 1. The van der Waals surface area contributed by atoms with Gasteiger partial charge in [0.2, 0.25) is 0 Å². The lowest BCUT2D eigenvalue weighted by atomic mass is 10.0. The standard InChI is InChI=1S/C15H12N2O/c1-10-2-3-12-9-13(5-4-11(12)8-10)14-6-7-16-15(18)17-14/h2-9H,1H3,(H,16,17,18). The summed E-state index contributed by atoms with van der Waals surface area (Å²) in [5.41, 5.74) is 2.70. The minimum Gasteiger partial charge on any atom is -0.305 e. The Morgan fingerprint density at radius 1 is 1.00 bits per heavy atom. The molecule has 0 atom stereocenters. The van der Waals surface area contributed by atoms with E-state index in [0.717, 1.165) is 16.6 Å². The monoisotopic (exact) mass is 236 g/mol. The fraction of sp³-hybridized carbons (Fsp3) is 0.0667. The predicted octanol–water partition coefficient (Wildman–Crippen LogP) is 2.90. The third-order valence-electron chi connectivity index (χ3n) is 2.98. The quantitative estimate of drug-likeness (QED) is 0.706. The van der Waals surface area contributed by atoms with Gasteiger partial charge in [0, 0.05) is 6.20 Å². The van der Waals surface area contributed by atoms with E-state index in [4.69, 9.17) is 0 Å². The van der Waals surface area contributed by atoms with Crippen molar-refractivity contribution in [3.05, 3.63) is 64.7 Å². The van der Waals surface area contributed by atoms with Crippen molar-refractivity contribution in [3.8, 4) is 11.3 Å². The number of aryl methyl sites for hydroxylation is 1. The van der Waals surface area contributed by atoms with Gasteiger partial charge in [0.1, 0.15) is 0 Å². The molecule has 0 saturated carbocycles. The lowest BCUT2D eigenvalue weighted by molar-refractivity contribution is 1.08. The Balaban J connectivity index is 2.19. The average molecular weight is 236 g/mol. The van der Waals surface area contributed by atoms with E-state index in [-0.39, 0.29) is 5.69 Å². The van der Waals surface area contributed by atoms with Crippen LogP contribution in [0.5, 0.6) is 0 Å². The number of fused-ring (bicyclic) bond motifs is 1. The summed E-state index contributed by atoms with van der Waals surface area (Å²) in [5.74, 6) is 0. The first-order chi connectivity index (χ1) is 8.72. The maximum atomic E-state index is 11.2. The first kappa shape index (κ1) is 10.7. The average Bonchev–Trinajstić information content (AvgIpc) is 2.38. The molecule has 0 bridgehead atoms. The van der Waals surface area contributed by atoms with Crippen LogP contribution in [0.3, 0.4) is 0 Å². The van der Waals surface area contributed by atoms with Crippen LogP contribution in [0.25, 0.3) is 22.0 Å². The molecule has 0 fully saturated rings. The van der Waals surface area contributed by atoms with Gasteiger partial charge in [-0.15, -0.1) is 0 Å². The van der Waals surface area contributed by atoms with Crippen molar-refractivity contribution in [2.45, 2.75) is 6.92 Å². The summed E-state index contributed by atoms with van der Waals surface area (Å²) in [7, 11) is 0. The number of hydrogen-bond donors (Lipinski definition) is 1. The Morgan fingerprint density at radius 2 is 1.78 bits per heavy atom. The zero-order valence-corrected chi connectivity index (χ0v) is 9.97. The SMILES string of the molecule is Cc1ccc2cc(-c3ccnc(=O)[nH]3)ccc2c1. The molecule has 0 spiro atoms. The van der Waals surface area contributed by atoms with Gasteiger partial charge in [0.15, 0.2) is 0 Å². The molecule has 0 amide bonds. The molecular weight excluding hydrogens is 224 g/mol. The Kier molecular flexibility index (Phi) is 2.45. The first-order valence-corrected chi connectivity index (χ1v) is 5.78. The van der Waals surface area contributed by atoms with Crippen molar-refractivity contribution in [1.29, 1.82) is 0 Å². The molecule has 88 valence electrons. The number of hydrogen-bond acceptors (Lipinski definition) is 2. The molecule has 0 aliphatic carbocycles. The van der Waals surface area contributed by atoms with E-state index in [1.165, 1.54) is 17.1 Å². The number of nitrogens with one attached hydrogen (secondary N) is 1.